The molecule has 0 saturated carbocycles. The molecule has 0 heterocycles. The number of carbonyl (C=O) groups excluding carboxylic acids is 1. The minimum atomic E-state index is -0.316. The van der Waals surface area contributed by atoms with Gasteiger partial charge in [0.05, 0.1) is 5.38 Å². The van der Waals surface area contributed by atoms with Crippen LogP contribution in [-0.2, 0) is 11.2 Å². The lowest BCUT2D eigenvalue weighted by Crippen LogP contribution is -1.99. The highest BCUT2D eigenvalue weighted by Gasteiger charge is 2.01. The Labute approximate surface area is 83.7 Å². The fraction of sp³-hybridized carbons (Fsp3) is 0.364. The third-order valence-corrected chi connectivity index (χ3v) is 2.26. The van der Waals surface area contributed by atoms with E-state index in [0.717, 1.165) is 25.5 Å². The quantitative estimate of drug-likeness (QED) is 0.523. The van der Waals surface area contributed by atoms with Crippen LogP contribution in [0.15, 0.2) is 30.3 Å². The summed E-state index contributed by atoms with van der Waals surface area (Å²) in [7, 11) is 0. The largest absolute Gasteiger partial charge is 0.302 e. The van der Waals surface area contributed by atoms with Gasteiger partial charge in [0.25, 0.3) is 0 Å². The maximum absolute atomic E-state index is 10.2. The van der Waals surface area contributed by atoms with Crippen molar-refractivity contribution in [1.29, 1.82) is 0 Å². The van der Waals surface area contributed by atoms with E-state index >= 15 is 0 Å². The van der Waals surface area contributed by atoms with E-state index in [1.807, 2.05) is 18.2 Å². The zero-order valence-electron chi connectivity index (χ0n) is 7.45. The molecule has 0 N–H and O–H groups in total. The average molecular weight is 197 g/mol. The number of carbonyl (C=O) groups is 1. The van der Waals surface area contributed by atoms with Gasteiger partial charge in [-0.25, -0.2) is 0 Å². The summed E-state index contributed by atoms with van der Waals surface area (Å²) in [6.07, 6.45) is 3.53. The summed E-state index contributed by atoms with van der Waals surface area (Å²) >= 11 is 5.66. The van der Waals surface area contributed by atoms with Gasteiger partial charge in [-0.2, -0.15) is 0 Å². The van der Waals surface area contributed by atoms with Crippen molar-refractivity contribution in [3.8, 4) is 0 Å². The van der Waals surface area contributed by atoms with Crippen molar-refractivity contribution in [3.63, 3.8) is 0 Å². The Bertz CT molecular complexity index is 246. The molecule has 13 heavy (non-hydrogen) atoms. The lowest BCUT2D eigenvalue weighted by atomic mass is 10.1. The van der Waals surface area contributed by atoms with Crippen molar-refractivity contribution in [2.45, 2.75) is 24.6 Å². The van der Waals surface area contributed by atoms with Gasteiger partial charge >= 0.3 is 0 Å². The van der Waals surface area contributed by atoms with Crippen LogP contribution in [0.1, 0.15) is 18.4 Å². The summed E-state index contributed by atoms with van der Waals surface area (Å²) in [5.41, 5.74) is 1.30. The van der Waals surface area contributed by atoms with Gasteiger partial charge in [-0.3, -0.25) is 0 Å². The topological polar surface area (TPSA) is 17.1 Å². The Kier molecular flexibility index (Phi) is 4.55. The van der Waals surface area contributed by atoms with E-state index in [0.29, 0.717) is 0 Å². The minimum Gasteiger partial charge on any atom is -0.302 e. The number of aryl methyl sites for hydroxylation is 1. The molecule has 0 aliphatic rings. The van der Waals surface area contributed by atoms with Gasteiger partial charge in [-0.15, -0.1) is 11.6 Å². The summed E-state index contributed by atoms with van der Waals surface area (Å²) < 4.78 is 0. The van der Waals surface area contributed by atoms with Crippen molar-refractivity contribution in [1.82, 2.24) is 0 Å². The molecule has 0 unspecified atom stereocenters. The van der Waals surface area contributed by atoms with Crippen LogP contribution in [0.2, 0.25) is 0 Å². The maximum atomic E-state index is 10.2. The van der Waals surface area contributed by atoms with Crippen LogP contribution in [0.4, 0.5) is 0 Å². The lowest BCUT2D eigenvalue weighted by Gasteiger charge is -2.01. The molecule has 0 aliphatic heterocycles. The molecule has 0 aliphatic carbocycles. The molecule has 1 rings (SSSR count). The van der Waals surface area contributed by atoms with Crippen LogP contribution >= 0.6 is 11.6 Å². The SMILES string of the molecule is O=C[C@@H](Cl)CCCc1ccccc1. The monoisotopic (exact) mass is 196 g/mol. The first-order chi connectivity index (χ1) is 6.33. The van der Waals surface area contributed by atoms with Crippen LogP contribution in [0.25, 0.3) is 0 Å². The number of benzene rings is 1. The molecule has 0 amide bonds. The first-order valence-corrected chi connectivity index (χ1v) is 4.90. The van der Waals surface area contributed by atoms with Gasteiger partial charge in [0.15, 0.2) is 0 Å². The van der Waals surface area contributed by atoms with Gasteiger partial charge < -0.3 is 4.79 Å². The van der Waals surface area contributed by atoms with Crippen molar-refractivity contribution >= 4 is 17.9 Å². The molecule has 70 valence electrons. The highest BCUT2D eigenvalue weighted by molar-refractivity contribution is 6.27. The van der Waals surface area contributed by atoms with Crippen molar-refractivity contribution in [2.75, 3.05) is 0 Å². The van der Waals surface area contributed by atoms with Gasteiger partial charge in [0.2, 0.25) is 0 Å². The van der Waals surface area contributed by atoms with E-state index in [1.165, 1.54) is 5.56 Å². The zero-order chi connectivity index (χ0) is 9.52. The number of hydrogen-bond donors (Lipinski definition) is 0. The third-order valence-electron chi connectivity index (χ3n) is 1.94. The molecular formula is C11H13ClO. The van der Waals surface area contributed by atoms with Gasteiger partial charge in [-0.05, 0) is 24.8 Å². The average Bonchev–Trinajstić information content (AvgIpc) is 2.19. The highest BCUT2D eigenvalue weighted by Crippen LogP contribution is 2.08. The Hall–Kier alpha value is -0.820. The lowest BCUT2D eigenvalue weighted by molar-refractivity contribution is -0.107. The van der Waals surface area contributed by atoms with Crippen molar-refractivity contribution in [3.05, 3.63) is 35.9 Å². The van der Waals surface area contributed by atoms with Crippen LogP contribution in [-0.4, -0.2) is 11.7 Å². The molecule has 1 aromatic rings. The van der Waals surface area contributed by atoms with Crippen LogP contribution in [0.3, 0.4) is 0 Å². The van der Waals surface area contributed by atoms with E-state index in [1.54, 1.807) is 0 Å². The van der Waals surface area contributed by atoms with Gasteiger partial charge in [0, 0.05) is 0 Å². The molecule has 0 saturated heterocycles. The van der Waals surface area contributed by atoms with Gasteiger partial charge in [0.1, 0.15) is 6.29 Å². The predicted octanol–water partition coefficient (Wildman–Crippen LogP) is 2.82. The van der Waals surface area contributed by atoms with Crippen molar-refractivity contribution < 1.29 is 4.79 Å². The van der Waals surface area contributed by atoms with Gasteiger partial charge in [-0.1, -0.05) is 30.3 Å². The molecule has 0 fully saturated rings. The fourth-order valence-electron chi connectivity index (χ4n) is 1.21. The molecule has 0 bridgehead atoms. The fourth-order valence-corrected chi connectivity index (χ4v) is 1.37. The summed E-state index contributed by atoms with van der Waals surface area (Å²) in [5, 5.41) is -0.316. The Balaban J connectivity index is 2.24. The van der Waals surface area contributed by atoms with Crippen molar-refractivity contribution in [2.24, 2.45) is 0 Å². The Morgan fingerprint density at radius 2 is 2.00 bits per heavy atom. The first kappa shape index (κ1) is 10.3. The first-order valence-electron chi connectivity index (χ1n) is 4.46. The molecule has 2 heteroatoms. The molecule has 0 aromatic heterocycles. The van der Waals surface area contributed by atoms with E-state index in [2.05, 4.69) is 12.1 Å². The van der Waals surface area contributed by atoms with Crippen LogP contribution < -0.4 is 0 Å². The summed E-state index contributed by atoms with van der Waals surface area (Å²) in [6, 6.07) is 10.2. The molecule has 0 radical (unpaired) electrons. The standard InChI is InChI=1S/C11H13ClO/c12-11(9-13)8-4-7-10-5-2-1-3-6-10/h1-3,5-6,9,11H,4,7-8H2/t11-/m0/s1. The molecule has 1 atom stereocenters. The number of halogens is 1. The smallest absolute Gasteiger partial charge is 0.137 e. The van der Waals surface area contributed by atoms with E-state index in [4.69, 9.17) is 11.6 Å². The molecule has 1 nitrogen and oxygen atoms in total. The normalized spacial score (nSPS) is 12.4. The molecule has 1 aromatic carbocycles. The predicted molar refractivity (Wildman–Crippen MR) is 55.1 cm³/mol. The summed E-state index contributed by atoms with van der Waals surface area (Å²) in [4.78, 5) is 10.2. The molecule has 0 spiro atoms. The van der Waals surface area contributed by atoms with E-state index in [9.17, 15) is 4.79 Å². The number of rotatable bonds is 5. The van der Waals surface area contributed by atoms with Crippen LogP contribution in [0, 0.1) is 0 Å². The zero-order valence-corrected chi connectivity index (χ0v) is 8.20. The third kappa shape index (κ3) is 4.09. The number of aldehydes is 1. The second kappa shape index (κ2) is 5.76. The summed E-state index contributed by atoms with van der Waals surface area (Å²) in [5.74, 6) is 0. The molecular weight excluding hydrogens is 184 g/mol. The Morgan fingerprint density at radius 1 is 1.31 bits per heavy atom. The second-order valence-corrected chi connectivity index (χ2v) is 3.59. The number of hydrogen-bond acceptors (Lipinski definition) is 1. The van der Waals surface area contributed by atoms with Crippen LogP contribution in [0.5, 0.6) is 0 Å². The Morgan fingerprint density at radius 3 is 2.62 bits per heavy atom. The van der Waals surface area contributed by atoms with E-state index < -0.39 is 0 Å². The minimum absolute atomic E-state index is 0.316. The highest BCUT2D eigenvalue weighted by atomic mass is 35.5. The van der Waals surface area contributed by atoms with E-state index in [-0.39, 0.29) is 5.38 Å². The second-order valence-electron chi connectivity index (χ2n) is 3.03. The summed E-state index contributed by atoms with van der Waals surface area (Å²) in [6.45, 7) is 0. The number of alkyl halides is 1. The maximum Gasteiger partial charge on any atom is 0.137 e.